The maximum atomic E-state index is 11.8. The van der Waals surface area contributed by atoms with Crippen LogP contribution in [0, 0.1) is 25.2 Å². The average molecular weight is 472 g/mol. The summed E-state index contributed by atoms with van der Waals surface area (Å²) >= 11 is 0. The zero-order valence-electron chi connectivity index (χ0n) is 19.5. The first-order chi connectivity index (χ1) is 16.9. The third kappa shape index (κ3) is 3.86. The van der Waals surface area contributed by atoms with Crippen molar-refractivity contribution in [3.05, 3.63) is 40.6 Å². The van der Waals surface area contributed by atoms with Gasteiger partial charge in [0.25, 0.3) is 0 Å². The summed E-state index contributed by atoms with van der Waals surface area (Å²) in [6.45, 7) is 4.03. The molecule has 3 heterocycles. The molecule has 2 aliphatic rings. The summed E-state index contributed by atoms with van der Waals surface area (Å²) in [6, 6.07) is 7.90. The Bertz CT molecular complexity index is 1460. The lowest BCUT2D eigenvalue weighted by Crippen LogP contribution is -2.38. The van der Waals surface area contributed by atoms with Crippen LogP contribution in [0.4, 0.5) is 0 Å². The number of aryl methyl sites for hydroxylation is 2. The molecule has 1 saturated carbocycles. The lowest BCUT2D eigenvalue weighted by Gasteiger charge is -2.30. The third-order valence-electron chi connectivity index (χ3n) is 6.75. The van der Waals surface area contributed by atoms with Gasteiger partial charge in [-0.05, 0) is 51.7 Å². The van der Waals surface area contributed by atoms with Crippen molar-refractivity contribution in [2.75, 3.05) is 0 Å². The van der Waals surface area contributed by atoms with Gasteiger partial charge in [0.1, 0.15) is 23.4 Å². The normalized spacial score (nSPS) is 19.3. The fourth-order valence-electron chi connectivity index (χ4n) is 5.01. The highest BCUT2D eigenvalue weighted by Crippen LogP contribution is 2.41. The third-order valence-corrected chi connectivity index (χ3v) is 6.75. The van der Waals surface area contributed by atoms with E-state index in [4.69, 9.17) is 20.5 Å². The van der Waals surface area contributed by atoms with Crippen LogP contribution in [-0.2, 0) is 9.59 Å². The van der Waals surface area contributed by atoms with Crippen molar-refractivity contribution in [2.24, 2.45) is 10.8 Å². The standard InChI is InChI=1S/C25H25N7O3/c1-13-3-8-19-17(11-13)14(2)24(35-19)23-21-22(18(12-33)29-30-25(21)27)31-32(23)16-6-4-15(5-7-16)28-20(34)9-10-26/h3,8,11,15-16,29H,4-7,9H2,1-2H3,(H2,27,30)(H,28,34). The van der Waals surface area contributed by atoms with Crippen LogP contribution in [-0.4, -0.2) is 33.5 Å². The van der Waals surface area contributed by atoms with Crippen LogP contribution < -0.4 is 16.5 Å². The van der Waals surface area contributed by atoms with Crippen LogP contribution in [0.3, 0.4) is 0 Å². The summed E-state index contributed by atoms with van der Waals surface area (Å²) in [7, 11) is 0. The number of amidine groups is 1. The fourth-order valence-corrected chi connectivity index (χ4v) is 5.01. The van der Waals surface area contributed by atoms with Crippen LogP contribution in [0.15, 0.2) is 27.7 Å². The molecule has 35 heavy (non-hydrogen) atoms. The Kier molecular flexibility index (Phi) is 5.63. The van der Waals surface area contributed by atoms with E-state index >= 15 is 0 Å². The largest absolute Gasteiger partial charge is 0.454 e. The second-order valence-corrected chi connectivity index (χ2v) is 9.07. The number of rotatable bonds is 4. The molecule has 1 aromatic carbocycles. The van der Waals surface area contributed by atoms with Gasteiger partial charge in [-0.3, -0.25) is 14.9 Å². The van der Waals surface area contributed by atoms with E-state index in [0.29, 0.717) is 22.7 Å². The number of aromatic nitrogens is 2. The Labute approximate surface area is 201 Å². The molecule has 10 nitrogen and oxygen atoms in total. The molecular formula is C25H25N7O3. The lowest BCUT2D eigenvalue weighted by atomic mass is 9.90. The van der Waals surface area contributed by atoms with Gasteiger partial charge in [-0.2, -0.15) is 15.5 Å². The first-order valence-corrected chi connectivity index (χ1v) is 11.5. The zero-order valence-corrected chi connectivity index (χ0v) is 19.5. The van der Waals surface area contributed by atoms with Crippen molar-refractivity contribution in [3.63, 3.8) is 0 Å². The Hall–Kier alpha value is -4.35. The molecule has 0 atom stereocenters. The van der Waals surface area contributed by atoms with Gasteiger partial charge in [-0.1, -0.05) is 11.6 Å². The molecule has 3 aromatic rings. The predicted molar refractivity (Wildman–Crippen MR) is 130 cm³/mol. The molecule has 4 N–H and O–H groups in total. The second-order valence-electron chi connectivity index (χ2n) is 9.07. The number of carbonyl (C=O) groups excluding carboxylic acids is 2. The van der Waals surface area contributed by atoms with Crippen molar-refractivity contribution < 1.29 is 14.0 Å². The van der Waals surface area contributed by atoms with Crippen LogP contribution in [0.1, 0.15) is 60.5 Å². The molecule has 0 radical (unpaired) electrons. The number of hydrogen-bond acceptors (Lipinski definition) is 8. The number of nitrogens with zero attached hydrogens (tertiary/aromatic N) is 4. The van der Waals surface area contributed by atoms with E-state index in [1.54, 1.807) is 0 Å². The van der Waals surface area contributed by atoms with E-state index in [1.807, 2.05) is 42.7 Å². The summed E-state index contributed by atoms with van der Waals surface area (Å²) in [4.78, 5) is 23.5. The highest BCUT2D eigenvalue weighted by atomic mass is 16.3. The molecule has 1 amide bonds. The molecule has 0 saturated heterocycles. The highest BCUT2D eigenvalue weighted by molar-refractivity contribution is 6.10. The number of hydrazone groups is 1. The van der Waals surface area contributed by atoms with Crippen LogP contribution in [0.2, 0.25) is 0 Å². The number of furan rings is 1. The van der Waals surface area contributed by atoms with E-state index in [1.165, 1.54) is 0 Å². The molecule has 1 aliphatic carbocycles. The van der Waals surface area contributed by atoms with Gasteiger partial charge in [0.2, 0.25) is 5.91 Å². The van der Waals surface area contributed by atoms with E-state index < -0.39 is 0 Å². The number of carbonyl (C=O) groups is 1. The number of nitriles is 1. The Morgan fingerprint density at radius 1 is 1.31 bits per heavy atom. The maximum Gasteiger partial charge on any atom is 0.234 e. The summed E-state index contributed by atoms with van der Waals surface area (Å²) < 4.78 is 8.22. The molecule has 1 aliphatic heterocycles. The van der Waals surface area contributed by atoms with Crippen molar-refractivity contribution in [1.29, 1.82) is 5.26 Å². The maximum absolute atomic E-state index is 11.8. The number of nitrogens with two attached hydrogens (primary N) is 1. The minimum absolute atomic E-state index is 0.00484. The zero-order chi connectivity index (χ0) is 24.7. The molecule has 178 valence electrons. The smallest absolute Gasteiger partial charge is 0.234 e. The van der Waals surface area contributed by atoms with Crippen molar-refractivity contribution in [1.82, 2.24) is 20.5 Å². The van der Waals surface area contributed by atoms with Crippen molar-refractivity contribution >= 4 is 34.4 Å². The average Bonchev–Trinajstić information content (AvgIpc) is 3.39. The van der Waals surface area contributed by atoms with Gasteiger partial charge in [0.05, 0.1) is 17.7 Å². The molecule has 1 fully saturated rings. The monoisotopic (exact) mass is 471 g/mol. The molecule has 5 rings (SSSR count). The van der Waals surface area contributed by atoms with E-state index in [-0.39, 0.29) is 35.9 Å². The number of hydrogen-bond donors (Lipinski definition) is 3. The van der Waals surface area contributed by atoms with Gasteiger partial charge < -0.3 is 15.5 Å². The highest BCUT2D eigenvalue weighted by Gasteiger charge is 2.35. The van der Waals surface area contributed by atoms with Crippen molar-refractivity contribution in [3.8, 4) is 17.5 Å². The summed E-state index contributed by atoms with van der Waals surface area (Å²) in [5.74, 6) is 2.47. The first-order valence-electron chi connectivity index (χ1n) is 11.5. The van der Waals surface area contributed by atoms with Crippen LogP contribution in [0.25, 0.3) is 28.1 Å². The Morgan fingerprint density at radius 2 is 2.09 bits per heavy atom. The Balaban J connectivity index is 1.59. The lowest BCUT2D eigenvalue weighted by molar-refractivity contribution is -0.121. The molecular weight excluding hydrogens is 446 g/mol. The van der Waals surface area contributed by atoms with Crippen LogP contribution >= 0.6 is 0 Å². The van der Waals surface area contributed by atoms with E-state index in [2.05, 4.69) is 21.9 Å². The quantitative estimate of drug-likeness (QED) is 0.495. The minimum atomic E-state index is -0.254. The number of nitrogens with one attached hydrogen (secondary N) is 2. The summed E-state index contributed by atoms with van der Waals surface area (Å²) in [6.07, 6.45) is 2.82. The van der Waals surface area contributed by atoms with E-state index in [0.717, 1.165) is 47.8 Å². The number of benzene rings is 1. The Morgan fingerprint density at radius 3 is 2.80 bits per heavy atom. The summed E-state index contributed by atoms with van der Waals surface area (Å²) in [5.41, 5.74) is 13.5. The van der Waals surface area contributed by atoms with E-state index in [9.17, 15) is 9.59 Å². The topological polar surface area (TPSA) is 151 Å². The molecule has 0 spiro atoms. The minimum Gasteiger partial charge on any atom is -0.454 e. The first kappa shape index (κ1) is 22.4. The predicted octanol–water partition coefficient (Wildman–Crippen LogP) is 2.82. The SMILES string of the molecule is Cc1ccc2oc(-c3c4c(nn3C3CCC(NC(=O)CC#N)CC3)C(=C=O)NN=C4N)c(C)c2c1. The van der Waals surface area contributed by atoms with Gasteiger partial charge in [0, 0.05) is 17.0 Å². The van der Waals surface area contributed by atoms with Crippen LogP contribution in [0.5, 0.6) is 0 Å². The van der Waals surface area contributed by atoms with Gasteiger partial charge in [-0.15, -0.1) is 0 Å². The summed E-state index contributed by atoms with van der Waals surface area (Å²) in [5, 5.41) is 21.6. The fraction of sp³-hybridized carbons (Fsp3) is 0.360. The number of amides is 1. The van der Waals surface area contributed by atoms with Gasteiger partial charge in [-0.25, -0.2) is 4.79 Å². The van der Waals surface area contributed by atoms with Gasteiger partial charge in [0.15, 0.2) is 23.2 Å². The molecule has 0 unspecified atom stereocenters. The van der Waals surface area contributed by atoms with Crippen molar-refractivity contribution in [2.45, 2.75) is 58.0 Å². The molecule has 10 heteroatoms. The number of fused-ring (bicyclic) bond motifs is 2. The molecule has 2 aromatic heterocycles. The second kappa shape index (κ2) is 8.78. The molecule has 0 bridgehead atoms. The van der Waals surface area contributed by atoms with Gasteiger partial charge >= 0.3 is 0 Å².